The van der Waals surface area contributed by atoms with Crippen LogP contribution in [0, 0.1) is 6.92 Å². The number of rotatable bonds is 8. The third-order valence-electron chi connectivity index (χ3n) is 5.19. The van der Waals surface area contributed by atoms with Gasteiger partial charge in [-0.25, -0.2) is 4.98 Å². The second-order valence-electron chi connectivity index (χ2n) is 7.38. The van der Waals surface area contributed by atoms with Crippen molar-refractivity contribution in [1.29, 1.82) is 0 Å². The number of nitrogens with one attached hydrogen (secondary N) is 1. The molecule has 162 valence electrons. The van der Waals surface area contributed by atoms with Crippen molar-refractivity contribution in [3.8, 4) is 5.75 Å². The molecule has 1 N–H and O–H groups in total. The zero-order chi connectivity index (χ0) is 21.5. The number of H-pyrrole nitrogens is 1. The Kier molecular flexibility index (Phi) is 7.46. The minimum atomic E-state index is -0.175. The molecular formula is C22H30N4O4. The van der Waals surface area contributed by atoms with Crippen molar-refractivity contribution in [3.05, 3.63) is 51.4 Å². The highest BCUT2D eigenvalue weighted by atomic mass is 16.5. The van der Waals surface area contributed by atoms with Crippen LogP contribution in [0.3, 0.4) is 0 Å². The van der Waals surface area contributed by atoms with Gasteiger partial charge >= 0.3 is 0 Å². The van der Waals surface area contributed by atoms with Gasteiger partial charge in [0.25, 0.3) is 5.56 Å². The number of benzene rings is 1. The second kappa shape index (κ2) is 10.2. The molecule has 1 saturated heterocycles. The molecule has 0 unspecified atom stereocenters. The Morgan fingerprint density at radius 2 is 1.97 bits per heavy atom. The summed E-state index contributed by atoms with van der Waals surface area (Å²) in [4.78, 5) is 36.2. The summed E-state index contributed by atoms with van der Waals surface area (Å²) in [6.45, 7) is 7.56. The van der Waals surface area contributed by atoms with Crippen molar-refractivity contribution in [2.45, 2.75) is 33.2 Å². The van der Waals surface area contributed by atoms with E-state index in [0.717, 1.165) is 11.3 Å². The summed E-state index contributed by atoms with van der Waals surface area (Å²) in [5, 5.41) is 0. The molecule has 1 aromatic carbocycles. The van der Waals surface area contributed by atoms with Crippen molar-refractivity contribution in [2.24, 2.45) is 0 Å². The average molecular weight is 415 g/mol. The number of aromatic nitrogens is 2. The van der Waals surface area contributed by atoms with Crippen molar-refractivity contribution in [3.63, 3.8) is 0 Å². The van der Waals surface area contributed by atoms with E-state index in [1.54, 1.807) is 11.9 Å². The summed E-state index contributed by atoms with van der Waals surface area (Å²) in [5.41, 5.74) is 2.09. The number of carbonyl (C=O) groups excluding carboxylic acids is 1. The maximum absolute atomic E-state index is 12.6. The SMILES string of the molecule is CCOc1ccc(CN(C)C(=O)CCc2c(C)nc(N3CCOCC3)[nH]c2=O)cc1. The molecule has 2 heterocycles. The fourth-order valence-electron chi connectivity index (χ4n) is 3.46. The Balaban J connectivity index is 1.57. The smallest absolute Gasteiger partial charge is 0.255 e. The summed E-state index contributed by atoms with van der Waals surface area (Å²) in [6, 6.07) is 7.72. The zero-order valence-corrected chi connectivity index (χ0v) is 17.9. The number of hydrogen-bond acceptors (Lipinski definition) is 6. The molecule has 1 aliphatic rings. The highest BCUT2D eigenvalue weighted by molar-refractivity contribution is 5.76. The van der Waals surface area contributed by atoms with Crippen LogP contribution in [0.5, 0.6) is 5.75 Å². The molecule has 0 atom stereocenters. The molecule has 30 heavy (non-hydrogen) atoms. The van der Waals surface area contributed by atoms with Gasteiger partial charge in [0.15, 0.2) is 0 Å². The van der Waals surface area contributed by atoms with Crippen LogP contribution in [0.4, 0.5) is 5.95 Å². The summed E-state index contributed by atoms with van der Waals surface area (Å²) in [6.07, 6.45) is 0.625. The third kappa shape index (κ3) is 5.60. The van der Waals surface area contributed by atoms with E-state index in [4.69, 9.17) is 9.47 Å². The van der Waals surface area contributed by atoms with Crippen molar-refractivity contribution in [1.82, 2.24) is 14.9 Å². The molecule has 1 amide bonds. The van der Waals surface area contributed by atoms with Crippen LogP contribution < -0.4 is 15.2 Å². The number of amides is 1. The van der Waals surface area contributed by atoms with Crippen LogP contribution in [-0.2, 0) is 22.5 Å². The molecule has 1 aromatic heterocycles. The minimum Gasteiger partial charge on any atom is -0.494 e. The Bertz CT molecular complexity index is 904. The first-order valence-electron chi connectivity index (χ1n) is 10.4. The molecular weight excluding hydrogens is 384 g/mol. The lowest BCUT2D eigenvalue weighted by molar-refractivity contribution is -0.130. The Hall–Kier alpha value is -2.87. The van der Waals surface area contributed by atoms with Gasteiger partial charge in [-0.1, -0.05) is 12.1 Å². The number of nitrogens with zero attached hydrogens (tertiary/aromatic N) is 3. The molecule has 0 spiro atoms. The molecule has 0 radical (unpaired) electrons. The van der Waals surface area contributed by atoms with E-state index in [1.807, 2.05) is 43.0 Å². The molecule has 1 aliphatic heterocycles. The minimum absolute atomic E-state index is 0.0139. The molecule has 8 heteroatoms. The summed E-state index contributed by atoms with van der Waals surface area (Å²) < 4.78 is 10.8. The number of carbonyl (C=O) groups is 1. The lowest BCUT2D eigenvalue weighted by atomic mass is 10.1. The summed E-state index contributed by atoms with van der Waals surface area (Å²) in [7, 11) is 1.77. The van der Waals surface area contributed by atoms with Gasteiger partial charge in [0.2, 0.25) is 11.9 Å². The van der Waals surface area contributed by atoms with Crippen LogP contribution in [0.15, 0.2) is 29.1 Å². The molecule has 0 aliphatic carbocycles. The first-order valence-corrected chi connectivity index (χ1v) is 10.4. The number of aromatic amines is 1. The molecule has 3 rings (SSSR count). The van der Waals surface area contributed by atoms with Gasteiger partial charge in [-0.05, 0) is 38.0 Å². The zero-order valence-electron chi connectivity index (χ0n) is 17.9. The van der Waals surface area contributed by atoms with E-state index in [1.165, 1.54) is 0 Å². The van der Waals surface area contributed by atoms with Crippen LogP contribution >= 0.6 is 0 Å². The van der Waals surface area contributed by atoms with Gasteiger partial charge in [-0.15, -0.1) is 0 Å². The molecule has 0 bridgehead atoms. The van der Waals surface area contributed by atoms with Gasteiger partial charge in [-0.3, -0.25) is 14.6 Å². The van der Waals surface area contributed by atoms with Gasteiger partial charge in [-0.2, -0.15) is 0 Å². The van der Waals surface area contributed by atoms with Crippen molar-refractivity contribution >= 4 is 11.9 Å². The maximum atomic E-state index is 12.6. The third-order valence-corrected chi connectivity index (χ3v) is 5.19. The van der Waals surface area contributed by atoms with Crippen molar-refractivity contribution in [2.75, 3.05) is 44.9 Å². The number of anilines is 1. The number of aryl methyl sites for hydroxylation is 1. The van der Waals surface area contributed by atoms with Crippen LogP contribution in [0.1, 0.15) is 30.2 Å². The van der Waals surface area contributed by atoms with Gasteiger partial charge in [0.05, 0.1) is 19.8 Å². The van der Waals surface area contributed by atoms with Crippen LogP contribution in [0.2, 0.25) is 0 Å². The molecule has 1 fully saturated rings. The van der Waals surface area contributed by atoms with E-state index < -0.39 is 0 Å². The first-order chi connectivity index (χ1) is 14.5. The monoisotopic (exact) mass is 414 g/mol. The number of morpholine rings is 1. The van der Waals surface area contributed by atoms with Gasteiger partial charge in [0, 0.05) is 44.4 Å². The first kappa shape index (κ1) is 21.8. The predicted molar refractivity (Wildman–Crippen MR) is 115 cm³/mol. The highest BCUT2D eigenvalue weighted by Crippen LogP contribution is 2.15. The van der Waals surface area contributed by atoms with Crippen LogP contribution in [0.25, 0.3) is 0 Å². The van der Waals surface area contributed by atoms with Crippen molar-refractivity contribution < 1.29 is 14.3 Å². The van der Waals surface area contributed by atoms with Gasteiger partial charge < -0.3 is 19.3 Å². The Labute approximate surface area is 176 Å². The summed E-state index contributed by atoms with van der Waals surface area (Å²) >= 11 is 0. The number of ether oxygens (including phenoxy) is 2. The van der Waals surface area contributed by atoms with E-state index in [-0.39, 0.29) is 17.9 Å². The fraction of sp³-hybridized carbons (Fsp3) is 0.500. The Morgan fingerprint density at radius 1 is 1.27 bits per heavy atom. The largest absolute Gasteiger partial charge is 0.494 e. The van der Waals surface area contributed by atoms with Gasteiger partial charge in [0.1, 0.15) is 5.75 Å². The standard InChI is InChI=1S/C22H30N4O4/c1-4-30-18-7-5-17(6-8-18)15-25(3)20(27)10-9-19-16(2)23-22(24-21(19)28)26-11-13-29-14-12-26/h5-8H,4,9-15H2,1-3H3,(H,23,24,28). The van der Waals surface area contributed by atoms with Crippen LogP contribution in [-0.4, -0.2) is 60.7 Å². The highest BCUT2D eigenvalue weighted by Gasteiger charge is 2.17. The normalized spacial score (nSPS) is 13.9. The van der Waals surface area contributed by atoms with E-state index in [9.17, 15) is 9.59 Å². The second-order valence-corrected chi connectivity index (χ2v) is 7.38. The average Bonchev–Trinajstić information content (AvgIpc) is 2.75. The van der Waals surface area contributed by atoms with E-state index in [0.29, 0.717) is 63.1 Å². The fourth-order valence-corrected chi connectivity index (χ4v) is 3.46. The number of hydrogen-bond donors (Lipinski definition) is 1. The molecule has 8 nitrogen and oxygen atoms in total. The summed E-state index contributed by atoms with van der Waals surface area (Å²) in [5.74, 6) is 1.38. The predicted octanol–water partition coefficient (Wildman–Crippen LogP) is 1.90. The van der Waals surface area contributed by atoms with E-state index >= 15 is 0 Å². The topological polar surface area (TPSA) is 87.8 Å². The van der Waals surface area contributed by atoms with E-state index in [2.05, 4.69) is 9.97 Å². The maximum Gasteiger partial charge on any atom is 0.255 e. The molecule has 2 aromatic rings. The molecule has 0 saturated carbocycles. The Morgan fingerprint density at radius 3 is 2.60 bits per heavy atom. The quantitative estimate of drug-likeness (QED) is 0.710. The lowest BCUT2D eigenvalue weighted by Crippen LogP contribution is -2.38. The lowest BCUT2D eigenvalue weighted by Gasteiger charge is -2.27.